The van der Waals surface area contributed by atoms with Crippen LogP contribution in [0.25, 0.3) is 20.8 Å². The van der Waals surface area contributed by atoms with Crippen molar-refractivity contribution in [3.63, 3.8) is 0 Å². The third-order valence-electron chi connectivity index (χ3n) is 5.00. The molecule has 3 heterocycles. The minimum absolute atomic E-state index is 0.0172. The molecule has 0 aliphatic carbocycles. The molecule has 0 fully saturated rings. The average molecular weight is 494 g/mol. The molecule has 2 unspecified atom stereocenters. The number of nitrogens with zero attached hydrogens (tertiary/aromatic N) is 2. The number of nitrogens with two attached hydrogens (primary N) is 1. The van der Waals surface area contributed by atoms with Crippen LogP contribution in [0.5, 0.6) is 0 Å². The Morgan fingerprint density at radius 3 is 2.72 bits per heavy atom. The smallest absolute Gasteiger partial charge is 0.411 e. The zero-order chi connectivity index (χ0) is 21.1. The normalized spacial score (nSPS) is 19.4. The summed E-state index contributed by atoms with van der Waals surface area (Å²) in [5.41, 5.74) is 9.16. The summed E-state index contributed by atoms with van der Waals surface area (Å²) in [6, 6.07) is 6.06. The number of amides is 1. The summed E-state index contributed by atoms with van der Waals surface area (Å²) >= 11 is 6.73. The minimum Gasteiger partial charge on any atom is -0.444 e. The van der Waals surface area contributed by atoms with Crippen LogP contribution in [0.4, 0.5) is 9.80 Å². The molecule has 1 amide bonds. The second-order valence-corrected chi connectivity index (χ2v) is 11.5. The molecule has 4 rings (SSSR count). The number of carbonyl (C=O) groups is 1. The number of fused-ring (bicyclic) bond motifs is 2. The number of aromatic nitrogens is 1. The van der Waals surface area contributed by atoms with E-state index in [1.165, 1.54) is 5.56 Å². The topological polar surface area (TPSA) is 68.5 Å². The van der Waals surface area contributed by atoms with Crippen LogP contribution in [0.1, 0.15) is 51.1 Å². The number of nitrogen functional groups attached to an aromatic ring is 1. The van der Waals surface area contributed by atoms with E-state index in [0.717, 1.165) is 41.6 Å². The molecule has 1 aliphatic heterocycles. The minimum atomic E-state index is -0.522. The molecular formula is C21H24BrN3O2S2. The van der Waals surface area contributed by atoms with Crippen molar-refractivity contribution in [2.45, 2.75) is 58.7 Å². The van der Waals surface area contributed by atoms with E-state index in [0.29, 0.717) is 0 Å². The molecule has 3 aromatic rings. The summed E-state index contributed by atoms with van der Waals surface area (Å²) in [7, 11) is 0. The second kappa shape index (κ2) is 7.25. The standard InChI is InChI=1S/C21H24BrN3O2S2/c1-10-8-13-16(19-24-14-9-12(22)6-7-15(14)28-19)18(23)29-17(13)11(2)25(10)20(26)27-21(3,4)5/h6-7,9-11H,8,23H2,1-5H3. The van der Waals surface area contributed by atoms with Crippen LogP contribution in [0.3, 0.4) is 0 Å². The zero-order valence-corrected chi connectivity index (χ0v) is 20.3. The summed E-state index contributed by atoms with van der Waals surface area (Å²) in [4.78, 5) is 20.6. The largest absolute Gasteiger partial charge is 0.444 e. The van der Waals surface area contributed by atoms with Crippen molar-refractivity contribution < 1.29 is 9.53 Å². The van der Waals surface area contributed by atoms with Crippen molar-refractivity contribution in [1.29, 1.82) is 0 Å². The number of hydrogen-bond acceptors (Lipinski definition) is 6. The number of anilines is 1. The van der Waals surface area contributed by atoms with E-state index < -0.39 is 5.60 Å². The maximum atomic E-state index is 12.8. The van der Waals surface area contributed by atoms with Gasteiger partial charge in [-0.15, -0.1) is 22.7 Å². The maximum Gasteiger partial charge on any atom is 0.411 e. The van der Waals surface area contributed by atoms with Gasteiger partial charge in [-0.2, -0.15) is 0 Å². The number of halogens is 1. The van der Waals surface area contributed by atoms with Gasteiger partial charge in [0.2, 0.25) is 0 Å². The summed E-state index contributed by atoms with van der Waals surface area (Å²) in [5.74, 6) is 0. The fourth-order valence-corrected chi connectivity index (χ4v) is 6.44. The van der Waals surface area contributed by atoms with Gasteiger partial charge >= 0.3 is 6.09 Å². The Hall–Kier alpha value is -1.64. The summed E-state index contributed by atoms with van der Waals surface area (Å²) in [6.45, 7) is 9.79. The molecule has 29 heavy (non-hydrogen) atoms. The van der Waals surface area contributed by atoms with Crippen molar-refractivity contribution in [3.05, 3.63) is 33.1 Å². The van der Waals surface area contributed by atoms with E-state index >= 15 is 0 Å². The van der Waals surface area contributed by atoms with Crippen molar-refractivity contribution in [2.24, 2.45) is 0 Å². The Balaban J connectivity index is 1.75. The molecule has 0 saturated carbocycles. The first-order valence-electron chi connectivity index (χ1n) is 9.54. The van der Waals surface area contributed by atoms with Gasteiger partial charge in [0.15, 0.2) is 0 Å². The van der Waals surface area contributed by atoms with Crippen molar-refractivity contribution in [3.8, 4) is 10.6 Å². The van der Waals surface area contributed by atoms with Crippen molar-refractivity contribution >= 4 is 59.9 Å². The van der Waals surface area contributed by atoms with Gasteiger partial charge in [0.25, 0.3) is 0 Å². The second-order valence-electron chi connectivity index (χ2n) is 8.43. The molecule has 2 atom stereocenters. The quantitative estimate of drug-likeness (QED) is 0.413. The van der Waals surface area contributed by atoms with Crippen LogP contribution in [0.15, 0.2) is 22.7 Å². The van der Waals surface area contributed by atoms with Crippen LogP contribution in [0, 0.1) is 0 Å². The van der Waals surface area contributed by atoms with E-state index in [9.17, 15) is 4.79 Å². The lowest BCUT2D eigenvalue weighted by Gasteiger charge is -2.39. The van der Waals surface area contributed by atoms with E-state index in [1.54, 1.807) is 22.7 Å². The van der Waals surface area contributed by atoms with E-state index in [2.05, 4.69) is 28.9 Å². The van der Waals surface area contributed by atoms with Gasteiger partial charge < -0.3 is 10.5 Å². The van der Waals surface area contributed by atoms with Gasteiger partial charge in [0.05, 0.1) is 21.3 Å². The highest BCUT2D eigenvalue weighted by molar-refractivity contribution is 9.10. The molecule has 2 aromatic heterocycles. The SMILES string of the molecule is CC1Cc2c(sc(N)c2-c2nc3cc(Br)ccc3s2)C(C)N1C(=O)OC(C)(C)C. The van der Waals surface area contributed by atoms with E-state index in [1.807, 2.05) is 44.7 Å². The summed E-state index contributed by atoms with van der Waals surface area (Å²) in [6.07, 6.45) is 0.461. The van der Waals surface area contributed by atoms with Gasteiger partial charge in [-0.1, -0.05) is 15.9 Å². The van der Waals surface area contributed by atoms with Crippen LogP contribution in [0.2, 0.25) is 0 Å². The molecule has 1 aromatic carbocycles. The predicted molar refractivity (Wildman–Crippen MR) is 125 cm³/mol. The highest BCUT2D eigenvalue weighted by Gasteiger charge is 2.39. The molecule has 0 saturated heterocycles. The maximum absolute atomic E-state index is 12.8. The Kier molecular flexibility index (Phi) is 5.16. The van der Waals surface area contributed by atoms with Crippen molar-refractivity contribution in [1.82, 2.24) is 9.88 Å². The fraction of sp³-hybridized carbons (Fsp3) is 0.429. The summed E-state index contributed by atoms with van der Waals surface area (Å²) in [5, 5.41) is 1.71. The fourth-order valence-electron chi connectivity index (χ4n) is 3.84. The van der Waals surface area contributed by atoms with E-state index in [-0.39, 0.29) is 18.2 Å². The molecule has 1 aliphatic rings. The van der Waals surface area contributed by atoms with Crippen LogP contribution >= 0.6 is 38.6 Å². The Bertz CT molecular complexity index is 1100. The molecule has 154 valence electrons. The highest BCUT2D eigenvalue weighted by Crippen LogP contribution is 2.48. The van der Waals surface area contributed by atoms with Gasteiger partial charge in [-0.05, 0) is 64.8 Å². The lowest BCUT2D eigenvalue weighted by atomic mass is 9.93. The third kappa shape index (κ3) is 3.78. The number of hydrogen-bond donors (Lipinski definition) is 1. The molecule has 8 heteroatoms. The monoisotopic (exact) mass is 493 g/mol. The van der Waals surface area contributed by atoms with Gasteiger partial charge in [0, 0.05) is 21.0 Å². The van der Waals surface area contributed by atoms with Crippen LogP contribution in [-0.2, 0) is 11.2 Å². The van der Waals surface area contributed by atoms with Crippen molar-refractivity contribution in [2.75, 3.05) is 5.73 Å². The first-order valence-corrected chi connectivity index (χ1v) is 12.0. The predicted octanol–water partition coefficient (Wildman–Crippen LogP) is 6.61. The molecule has 0 radical (unpaired) electrons. The lowest BCUT2D eigenvalue weighted by Crippen LogP contribution is -2.46. The first-order chi connectivity index (χ1) is 13.5. The van der Waals surface area contributed by atoms with Gasteiger partial charge in [-0.3, -0.25) is 4.90 Å². The summed E-state index contributed by atoms with van der Waals surface area (Å²) < 4.78 is 7.80. The number of thiophene rings is 1. The third-order valence-corrected chi connectivity index (χ3v) is 7.78. The molecular weight excluding hydrogens is 470 g/mol. The molecule has 0 bridgehead atoms. The Morgan fingerprint density at radius 2 is 2.03 bits per heavy atom. The molecule has 5 nitrogen and oxygen atoms in total. The molecule has 2 N–H and O–H groups in total. The van der Waals surface area contributed by atoms with Gasteiger partial charge in [-0.25, -0.2) is 9.78 Å². The van der Waals surface area contributed by atoms with Gasteiger partial charge in [0.1, 0.15) is 10.6 Å². The lowest BCUT2D eigenvalue weighted by molar-refractivity contribution is 0.00638. The number of thiazole rings is 1. The van der Waals surface area contributed by atoms with E-state index in [4.69, 9.17) is 15.5 Å². The zero-order valence-electron chi connectivity index (χ0n) is 17.1. The van der Waals surface area contributed by atoms with Crippen LogP contribution < -0.4 is 5.73 Å². The number of benzene rings is 1. The molecule has 0 spiro atoms. The highest BCUT2D eigenvalue weighted by atomic mass is 79.9. The first kappa shape index (κ1) is 20.6. The average Bonchev–Trinajstić information content (AvgIpc) is 3.12. The Labute approximate surface area is 187 Å². The number of rotatable bonds is 1. The Morgan fingerprint density at radius 1 is 1.31 bits per heavy atom. The number of carbonyl (C=O) groups excluding carboxylic acids is 1. The number of ether oxygens (including phenoxy) is 1. The van der Waals surface area contributed by atoms with Crippen LogP contribution in [-0.4, -0.2) is 27.6 Å².